The first-order valence-corrected chi connectivity index (χ1v) is 13.3. The molecule has 1 N–H and O–H groups in total. The number of nitrogens with one attached hydrogen (secondary N) is 1. The smallest absolute Gasteiger partial charge is 0.433 e. The maximum atomic E-state index is 14.8. The Morgan fingerprint density at radius 1 is 1.10 bits per heavy atom. The summed E-state index contributed by atoms with van der Waals surface area (Å²) >= 11 is 0. The lowest BCUT2D eigenvalue weighted by molar-refractivity contribution is -0.141. The molecule has 3 aliphatic rings. The number of hydrogen-bond donors (Lipinski definition) is 1. The third kappa shape index (κ3) is 4.44. The van der Waals surface area contributed by atoms with Crippen LogP contribution in [-0.4, -0.2) is 56.5 Å². The van der Waals surface area contributed by atoms with Crippen LogP contribution < -0.4 is 10.1 Å². The number of carbonyl (C=O) groups excluding carboxylic acids is 1. The van der Waals surface area contributed by atoms with E-state index in [0.29, 0.717) is 66.7 Å². The summed E-state index contributed by atoms with van der Waals surface area (Å²) in [5.41, 5.74) is 1.70. The molecule has 1 unspecified atom stereocenters. The lowest BCUT2D eigenvalue weighted by atomic mass is 9.99. The largest absolute Gasteiger partial charge is 0.493 e. The molecule has 41 heavy (non-hydrogen) atoms. The maximum Gasteiger partial charge on any atom is 0.433 e. The zero-order valence-electron chi connectivity index (χ0n) is 21.7. The van der Waals surface area contributed by atoms with E-state index >= 15 is 0 Å². The predicted octanol–water partition coefficient (Wildman–Crippen LogP) is 4.49. The van der Waals surface area contributed by atoms with Gasteiger partial charge in [-0.15, -0.1) is 0 Å². The Morgan fingerprint density at radius 2 is 1.98 bits per heavy atom. The van der Waals surface area contributed by atoms with E-state index < -0.39 is 17.8 Å². The molecule has 1 amide bonds. The Morgan fingerprint density at radius 3 is 2.78 bits per heavy atom. The number of alkyl halides is 3. The molecule has 3 aromatic heterocycles. The van der Waals surface area contributed by atoms with Crippen molar-refractivity contribution in [3.8, 4) is 16.9 Å². The monoisotopic (exact) mass is 568 g/mol. The normalized spacial score (nSPS) is 18.2. The van der Waals surface area contributed by atoms with Crippen LogP contribution in [0.25, 0.3) is 16.6 Å². The van der Waals surface area contributed by atoms with Crippen LogP contribution in [0.2, 0.25) is 0 Å². The van der Waals surface area contributed by atoms with Gasteiger partial charge in [0.1, 0.15) is 23.6 Å². The summed E-state index contributed by atoms with van der Waals surface area (Å²) in [5, 5.41) is 3.15. The molecule has 13 heteroatoms. The molecular weight excluding hydrogens is 544 g/mol. The molecule has 0 saturated carbocycles. The van der Waals surface area contributed by atoms with Crippen molar-refractivity contribution >= 4 is 17.4 Å². The number of fused-ring (bicyclic) bond motifs is 3. The van der Waals surface area contributed by atoms with Gasteiger partial charge in [0.15, 0.2) is 5.69 Å². The molecule has 6 heterocycles. The third-order valence-corrected chi connectivity index (χ3v) is 7.82. The second-order valence-electron chi connectivity index (χ2n) is 10.4. The minimum absolute atomic E-state index is 0.0475. The van der Waals surface area contributed by atoms with Gasteiger partial charge in [0.25, 0.3) is 5.91 Å². The average molecular weight is 569 g/mol. The Balaban J connectivity index is 1.33. The highest BCUT2D eigenvalue weighted by atomic mass is 19.4. The Hall–Kier alpha value is -4.26. The molecular formula is C28H24F4N6O3. The maximum absolute atomic E-state index is 14.8. The zero-order valence-corrected chi connectivity index (χ0v) is 21.7. The average Bonchev–Trinajstić information content (AvgIpc) is 3.72. The quantitative estimate of drug-likeness (QED) is 0.355. The SMILES string of the molecule is O=C1c2ncn3c(NCc4c(F)ccc5c4CCO5)ncc(c23)-c2ccc(C(F)(F)F)nc2CN1CC1CCOC1. The molecule has 1 atom stereocenters. The number of amides is 1. The summed E-state index contributed by atoms with van der Waals surface area (Å²) in [4.78, 5) is 28.2. The van der Waals surface area contributed by atoms with Crippen LogP contribution in [0.15, 0.2) is 36.8 Å². The Kier molecular flexibility index (Phi) is 6.07. The van der Waals surface area contributed by atoms with Crippen molar-refractivity contribution in [2.45, 2.75) is 32.1 Å². The van der Waals surface area contributed by atoms with Crippen molar-refractivity contribution < 1.29 is 31.8 Å². The number of benzene rings is 1. The van der Waals surface area contributed by atoms with E-state index in [2.05, 4.69) is 20.3 Å². The van der Waals surface area contributed by atoms with Crippen LogP contribution in [0.1, 0.15) is 39.4 Å². The van der Waals surface area contributed by atoms with Crippen LogP contribution in [0.4, 0.5) is 23.5 Å². The fourth-order valence-corrected chi connectivity index (χ4v) is 5.79. The number of rotatable bonds is 5. The number of halogens is 4. The van der Waals surface area contributed by atoms with Gasteiger partial charge in [-0.05, 0) is 24.6 Å². The van der Waals surface area contributed by atoms with Crippen LogP contribution in [-0.2, 0) is 30.4 Å². The van der Waals surface area contributed by atoms with Crippen molar-refractivity contribution in [1.29, 1.82) is 0 Å². The second kappa shape index (κ2) is 9.68. The summed E-state index contributed by atoms with van der Waals surface area (Å²) in [6.07, 6.45) is -0.396. The number of carbonyl (C=O) groups is 1. The Labute approximate surface area is 231 Å². The molecule has 3 aliphatic heterocycles. The molecule has 4 aromatic rings. The molecule has 0 radical (unpaired) electrons. The lowest BCUT2D eigenvalue weighted by Crippen LogP contribution is -2.37. The number of imidazole rings is 1. The van der Waals surface area contributed by atoms with E-state index in [0.717, 1.165) is 18.1 Å². The number of anilines is 1. The van der Waals surface area contributed by atoms with Crippen molar-refractivity contribution in [1.82, 2.24) is 24.3 Å². The first kappa shape index (κ1) is 25.7. The van der Waals surface area contributed by atoms with E-state index in [1.54, 1.807) is 10.5 Å². The molecule has 9 nitrogen and oxygen atoms in total. The molecule has 0 aliphatic carbocycles. The van der Waals surface area contributed by atoms with E-state index in [1.165, 1.54) is 29.6 Å². The van der Waals surface area contributed by atoms with Crippen LogP contribution in [0, 0.1) is 11.7 Å². The van der Waals surface area contributed by atoms with E-state index in [1.807, 2.05) is 0 Å². The summed E-state index contributed by atoms with van der Waals surface area (Å²) in [6, 6.07) is 5.26. The zero-order chi connectivity index (χ0) is 28.3. The van der Waals surface area contributed by atoms with Gasteiger partial charge in [-0.25, -0.2) is 19.3 Å². The molecule has 1 aromatic carbocycles. The first-order valence-electron chi connectivity index (χ1n) is 13.3. The number of pyridine rings is 1. The minimum atomic E-state index is -4.65. The van der Waals surface area contributed by atoms with Gasteiger partial charge in [0, 0.05) is 60.5 Å². The molecule has 1 saturated heterocycles. The molecule has 0 bridgehead atoms. The van der Waals surface area contributed by atoms with Gasteiger partial charge >= 0.3 is 6.18 Å². The van der Waals surface area contributed by atoms with Gasteiger partial charge in [-0.1, -0.05) is 6.07 Å². The van der Waals surface area contributed by atoms with Crippen LogP contribution >= 0.6 is 0 Å². The fraction of sp³-hybridized carbons (Fsp3) is 0.357. The number of nitrogens with zero attached hydrogens (tertiary/aromatic N) is 5. The van der Waals surface area contributed by atoms with Crippen molar-refractivity contribution in [3.05, 3.63) is 70.8 Å². The molecule has 7 rings (SSSR count). The highest BCUT2D eigenvalue weighted by Gasteiger charge is 2.36. The number of hydrogen-bond acceptors (Lipinski definition) is 7. The van der Waals surface area contributed by atoms with Crippen LogP contribution in [0.5, 0.6) is 5.75 Å². The van der Waals surface area contributed by atoms with Gasteiger partial charge in [-0.2, -0.15) is 13.2 Å². The highest BCUT2D eigenvalue weighted by molar-refractivity contribution is 6.04. The highest BCUT2D eigenvalue weighted by Crippen LogP contribution is 2.37. The van der Waals surface area contributed by atoms with Crippen molar-refractivity contribution in [3.63, 3.8) is 0 Å². The summed E-state index contributed by atoms with van der Waals surface area (Å²) < 4.78 is 68.2. The van der Waals surface area contributed by atoms with E-state index in [-0.39, 0.29) is 36.2 Å². The minimum Gasteiger partial charge on any atom is -0.493 e. The predicted molar refractivity (Wildman–Crippen MR) is 138 cm³/mol. The van der Waals surface area contributed by atoms with Gasteiger partial charge in [0.2, 0.25) is 5.95 Å². The van der Waals surface area contributed by atoms with Crippen LogP contribution in [0.3, 0.4) is 0 Å². The van der Waals surface area contributed by atoms with E-state index in [9.17, 15) is 22.4 Å². The summed E-state index contributed by atoms with van der Waals surface area (Å²) in [6.45, 7) is 1.78. The molecule has 0 spiro atoms. The number of ether oxygens (including phenoxy) is 2. The van der Waals surface area contributed by atoms with E-state index in [4.69, 9.17) is 9.47 Å². The fourth-order valence-electron chi connectivity index (χ4n) is 5.79. The summed E-state index contributed by atoms with van der Waals surface area (Å²) in [5.74, 6) is 0.184. The lowest BCUT2D eigenvalue weighted by Gasteiger charge is -2.28. The molecule has 1 fully saturated rings. The molecule has 212 valence electrons. The first-order chi connectivity index (χ1) is 19.8. The van der Waals surface area contributed by atoms with Crippen molar-refractivity contribution in [2.24, 2.45) is 5.92 Å². The summed E-state index contributed by atoms with van der Waals surface area (Å²) in [7, 11) is 0. The number of aromatic nitrogens is 4. The van der Waals surface area contributed by atoms with Gasteiger partial charge in [-0.3, -0.25) is 9.20 Å². The standard InChI is InChI=1S/C28H24F4N6O3/c29-20-2-3-22-17(6-8-41-22)18(20)9-33-27-34-10-19-16-1-4-23(28(30,31)32)36-21(16)12-37(11-15-5-7-40-13-15)26(39)24-25(19)38(27)14-35-24/h1-4,10,14-15H,5-9,11-13H2,(H,33,34). The van der Waals surface area contributed by atoms with Gasteiger partial charge < -0.3 is 19.7 Å². The van der Waals surface area contributed by atoms with Gasteiger partial charge in [0.05, 0.1) is 31.0 Å². The third-order valence-electron chi connectivity index (χ3n) is 7.82. The van der Waals surface area contributed by atoms with Crippen molar-refractivity contribution in [2.75, 3.05) is 31.7 Å². The second-order valence-corrected chi connectivity index (χ2v) is 10.4. The topological polar surface area (TPSA) is 93.9 Å². The Bertz CT molecular complexity index is 1680.